The van der Waals surface area contributed by atoms with Crippen molar-refractivity contribution < 1.29 is 9.53 Å². The van der Waals surface area contributed by atoms with Gasteiger partial charge < -0.3 is 4.74 Å². The highest BCUT2D eigenvalue weighted by Crippen LogP contribution is 2.45. The quantitative estimate of drug-likeness (QED) is 0.394. The molecule has 0 amide bonds. The molecule has 2 aliphatic rings. The van der Waals surface area contributed by atoms with Crippen LogP contribution in [0.4, 0.5) is 0 Å². The summed E-state index contributed by atoms with van der Waals surface area (Å²) in [6, 6.07) is 0. The van der Waals surface area contributed by atoms with Gasteiger partial charge in [-0.25, -0.2) is 0 Å². The van der Waals surface area contributed by atoms with Crippen LogP contribution < -0.4 is 0 Å². The van der Waals surface area contributed by atoms with Crippen LogP contribution >= 0.6 is 0 Å². The lowest BCUT2D eigenvalue weighted by molar-refractivity contribution is -0.141. The van der Waals surface area contributed by atoms with Crippen molar-refractivity contribution in [2.45, 2.75) is 39.0 Å². The zero-order valence-electron chi connectivity index (χ0n) is 9.45. The largest absolute Gasteiger partial charge is 0.466 e. The van der Waals surface area contributed by atoms with E-state index in [1.165, 1.54) is 32.6 Å². The Bertz CT molecular complexity index is 257. The van der Waals surface area contributed by atoms with Gasteiger partial charge in [0.25, 0.3) is 0 Å². The van der Waals surface area contributed by atoms with E-state index in [1.54, 1.807) is 0 Å². The van der Waals surface area contributed by atoms with Gasteiger partial charge in [0.15, 0.2) is 0 Å². The minimum atomic E-state index is -0.155. The smallest absolute Gasteiger partial charge is 0.302 e. The summed E-state index contributed by atoms with van der Waals surface area (Å²) in [5, 5.41) is 0. The zero-order valence-corrected chi connectivity index (χ0v) is 9.45. The van der Waals surface area contributed by atoms with Gasteiger partial charge in [0.05, 0.1) is 6.61 Å². The van der Waals surface area contributed by atoms with Crippen molar-refractivity contribution in [1.29, 1.82) is 0 Å². The number of fused-ring (bicyclic) bond motifs is 2. The van der Waals surface area contributed by atoms with Gasteiger partial charge in [-0.3, -0.25) is 4.79 Å². The molecule has 0 aromatic carbocycles. The average molecular weight is 208 g/mol. The number of esters is 1. The third kappa shape index (κ3) is 2.83. The molecule has 0 aromatic heterocycles. The molecule has 2 bridgehead atoms. The fourth-order valence-electron chi connectivity index (χ4n) is 2.95. The van der Waals surface area contributed by atoms with Gasteiger partial charge in [-0.05, 0) is 49.9 Å². The van der Waals surface area contributed by atoms with Crippen LogP contribution in [0, 0.1) is 17.8 Å². The predicted octanol–water partition coefficient (Wildman–Crippen LogP) is 2.93. The van der Waals surface area contributed by atoms with Crippen molar-refractivity contribution in [1.82, 2.24) is 0 Å². The van der Waals surface area contributed by atoms with Crippen molar-refractivity contribution >= 4 is 5.97 Å². The highest BCUT2D eigenvalue weighted by molar-refractivity contribution is 5.65. The fourth-order valence-corrected chi connectivity index (χ4v) is 2.95. The normalized spacial score (nSPS) is 32.2. The van der Waals surface area contributed by atoms with Crippen LogP contribution in [-0.4, -0.2) is 12.6 Å². The molecular weight excluding hydrogens is 188 g/mol. The molecule has 0 aromatic rings. The van der Waals surface area contributed by atoms with Crippen molar-refractivity contribution in [2.75, 3.05) is 6.61 Å². The lowest BCUT2D eigenvalue weighted by Crippen LogP contribution is -2.07. The molecule has 0 saturated heterocycles. The molecular formula is C13H20O2. The summed E-state index contributed by atoms with van der Waals surface area (Å²) in [5.41, 5.74) is 0. The molecule has 0 N–H and O–H groups in total. The topological polar surface area (TPSA) is 26.3 Å². The van der Waals surface area contributed by atoms with Crippen LogP contribution in [0.2, 0.25) is 0 Å². The van der Waals surface area contributed by atoms with Crippen LogP contribution in [0.5, 0.6) is 0 Å². The first-order valence-corrected chi connectivity index (χ1v) is 6.07. The van der Waals surface area contributed by atoms with E-state index in [0.717, 1.165) is 24.2 Å². The molecule has 0 aliphatic heterocycles. The van der Waals surface area contributed by atoms with Gasteiger partial charge >= 0.3 is 5.97 Å². The van der Waals surface area contributed by atoms with Crippen molar-refractivity contribution in [3.05, 3.63) is 12.2 Å². The number of ether oxygens (including phenoxy) is 1. The third-order valence-electron chi connectivity index (χ3n) is 3.69. The van der Waals surface area contributed by atoms with Crippen molar-refractivity contribution in [2.24, 2.45) is 17.8 Å². The lowest BCUT2D eigenvalue weighted by atomic mass is 9.89. The summed E-state index contributed by atoms with van der Waals surface area (Å²) in [5.74, 6) is 2.51. The van der Waals surface area contributed by atoms with Gasteiger partial charge in [0, 0.05) is 6.92 Å². The number of hydrogen-bond donors (Lipinski definition) is 0. The average Bonchev–Trinajstić information content (AvgIpc) is 2.78. The Hall–Kier alpha value is -0.790. The molecule has 15 heavy (non-hydrogen) atoms. The maximum absolute atomic E-state index is 10.5. The van der Waals surface area contributed by atoms with Gasteiger partial charge in [-0.15, -0.1) is 0 Å². The third-order valence-corrected chi connectivity index (χ3v) is 3.69. The summed E-state index contributed by atoms with van der Waals surface area (Å²) >= 11 is 0. The van der Waals surface area contributed by atoms with Gasteiger partial charge in [0.1, 0.15) is 0 Å². The van der Waals surface area contributed by atoms with Crippen LogP contribution in [0.3, 0.4) is 0 Å². The Balaban J connectivity index is 1.55. The summed E-state index contributed by atoms with van der Waals surface area (Å²) in [6.07, 6.45) is 11.1. The first kappa shape index (κ1) is 10.7. The highest BCUT2D eigenvalue weighted by atomic mass is 16.5. The van der Waals surface area contributed by atoms with E-state index in [2.05, 4.69) is 12.2 Å². The standard InChI is InChI=1S/C13H20O2/c1-10(14)15-7-3-2-4-12-8-11-5-6-13(12)9-11/h5-6,11-13H,2-4,7-9H2,1H3. The first-order chi connectivity index (χ1) is 7.25. The van der Waals surface area contributed by atoms with E-state index in [-0.39, 0.29) is 5.97 Å². The van der Waals surface area contributed by atoms with E-state index in [4.69, 9.17) is 4.74 Å². The molecule has 3 unspecified atom stereocenters. The molecule has 3 atom stereocenters. The van der Waals surface area contributed by atoms with Gasteiger partial charge in [-0.2, -0.15) is 0 Å². The summed E-state index contributed by atoms with van der Waals surface area (Å²) < 4.78 is 4.92. The Labute approximate surface area is 91.7 Å². The predicted molar refractivity (Wildman–Crippen MR) is 59.3 cm³/mol. The number of rotatable bonds is 5. The lowest BCUT2D eigenvalue weighted by Gasteiger charge is -2.17. The maximum Gasteiger partial charge on any atom is 0.302 e. The SMILES string of the molecule is CC(=O)OCCCCC1CC2C=CC1C2. The molecule has 0 heterocycles. The Morgan fingerprint density at radius 2 is 2.20 bits per heavy atom. The van der Waals surface area contributed by atoms with Crippen molar-refractivity contribution in [3.63, 3.8) is 0 Å². The molecule has 2 rings (SSSR count). The second-order valence-electron chi connectivity index (χ2n) is 4.88. The minimum Gasteiger partial charge on any atom is -0.466 e. The van der Waals surface area contributed by atoms with E-state index < -0.39 is 0 Å². The molecule has 1 saturated carbocycles. The maximum atomic E-state index is 10.5. The monoisotopic (exact) mass is 208 g/mol. The van der Waals surface area contributed by atoms with E-state index in [0.29, 0.717) is 6.61 Å². The molecule has 84 valence electrons. The molecule has 0 radical (unpaired) electrons. The number of unbranched alkanes of at least 4 members (excludes halogenated alkanes) is 1. The number of hydrogen-bond acceptors (Lipinski definition) is 2. The zero-order chi connectivity index (χ0) is 10.7. The van der Waals surface area contributed by atoms with Crippen molar-refractivity contribution in [3.8, 4) is 0 Å². The van der Waals surface area contributed by atoms with Crippen LogP contribution in [0.15, 0.2) is 12.2 Å². The molecule has 2 nitrogen and oxygen atoms in total. The van der Waals surface area contributed by atoms with E-state index >= 15 is 0 Å². The second-order valence-corrected chi connectivity index (χ2v) is 4.88. The Kier molecular flexibility index (Phi) is 3.45. The Morgan fingerprint density at radius 1 is 1.33 bits per heavy atom. The minimum absolute atomic E-state index is 0.155. The number of carbonyl (C=O) groups is 1. The van der Waals surface area contributed by atoms with Crippen LogP contribution in [-0.2, 0) is 9.53 Å². The molecule has 1 fully saturated rings. The molecule has 2 heteroatoms. The summed E-state index contributed by atoms with van der Waals surface area (Å²) in [7, 11) is 0. The summed E-state index contributed by atoms with van der Waals surface area (Å²) in [4.78, 5) is 10.5. The Morgan fingerprint density at radius 3 is 2.80 bits per heavy atom. The van der Waals surface area contributed by atoms with Crippen LogP contribution in [0.1, 0.15) is 39.0 Å². The van der Waals surface area contributed by atoms with Gasteiger partial charge in [-0.1, -0.05) is 12.2 Å². The summed E-state index contributed by atoms with van der Waals surface area (Å²) in [6.45, 7) is 2.08. The number of carbonyl (C=O) groups excluding carboxylic acids is 1. The van der Waals surface area contributed by atoms with E-state index in [1.807, 2.05) is 0 Å². The molecule has 2 aliphatic carbocycles. The van der Waals surface area contributed by atoms with Gasteiger partial charge in [0.2, 0.25) is 0 Å². The first-order valence-electron chi connectivity index (χ1n) is 6.07. The van der Waals surface area contributed by atoms with E-state index in [9.17, 15) is 4.79 Å². The number of allylic oxidation sites excluding steroid dienone is 2. The fraction of sp³-hybridized carbons (Fsp3) is 0.769. The van der Waals surface area contributed by atoms with Crippen LogP contribution in [0.25, 0.3) is 0 Å². The molecule has 0 spiro atoms. The second kappa shape index (κ2) is 4.82. The highest BCUT2D eigenvalue weighted by Gasteiger charge is 2.34.